The molecule has 39 heavy (non-hydrogen) atoms. The van der Waals surface area contributed by atoms with E-state index in [9.17, 15) is 27.2 Å². The number of halogens is 4. The highest BCUT2D eigenvalue weighted by atomic mass is 19.3. The van der Waals surface area contributed by atoms with Gasteiger partial charge in [-0.2, -0.15) is 0 Å². The lowest BCUT2D eigenvalue weighted by molar-refractivity contribution is -0.0863. The van der Waals surface area contributed by atoms with Crippen molar-refractivity contribution in [1.82, 2.24) is 14.3 Å². The van der Waals surface area contributed by atoms with Crippen molar-refractivity contribution >= 4 is 17.5 Å². The molecule has 0 bridgehead atoms. The van der Waals surface area contributed by atoms with E-state index in [1.54, 1.807) is 46.9 Å². The number of aryl methyl sites for hydroxylation is 2. The number of alkyl halides is 2. The zero-order chi connectivity index (χ0) is 28.7. The van der Waals surface area contributed by atoms with Gasteiger partial charge in [0, 0.05) is 25.6 Å². The molecule has 1 amide bonds. The highest BCUT2D eigenvalue weighted by Gasteiger charge is 2.44. The molecule has 3 heterocycles. The van der Waals surface area contributed by atoms with E-state index in [1.807, 2.05) is 0 Å². The number of hydrogen-bond donors (Lipinski definition) is 0. The molecule has 1 unspecified atom stereocenters. The molecule has 0 radical (unpaired) electrons. The third-order valence-electron chi connectivity index (χ3n) is 6.31. The normalized spacial score (nSPS) is 17.4. The lowest BCUT2D eigenvalue weighted by Gasteiger charge is -2.38. The lowest BCUT2D eigenvalue weighted by Crippen LogP contribution is -2.51. The molecule has 1 atom stereocenters. The molecule has 1 aliphatic heterocycles. The number of pyridine rings is 1. The van der Waals surface area contributed by atoms with Crippen LogP contribution in [0.2, 0.25) is 0 Å². The number of carbonyl (C=O) groups excluding carboxylic acids is 2. The van der Waals surface area contributed by atoms with Gasteiger partial charge in [-0.25, -0.2) is 27.3 Å². The summed E-state index contributed by atoms with van der Waals surface area (Å²) in [7, 11) is 0. The number of rotatable bonds is 6. The predicted molar refractivity (Wildman–Crippen MR) is 135 cm³/mol. The first-order chi connectivity index (χ1) is 18.1. The van der Waals surface area contributed by atoms with Crippen LogP contribution in [0.5, 0.6) is 5.75 Å². The second-order valence-electron chi connectivity index (χ2n) is 11.0. The van der Waals surface area contributed by atoms with Gasteiger partial charge >= 0.3 is 6.09 Å². The summed E-state index contributed by atoms with van der Waals surface area (Å²) in [5, 5.41) is 0. The summed E-state index contributed by atoms with van der Waals surface area (Å²) in [6.07, 6.45) is 0.0134. The van der Waals surface area contributed by atoms with E-state index < -0.39 is 60.5 Å². The van der Waals surface area contributed by atoms with Crippen molar-refractivity contribution in [3.8, 4) is 5.75 Å². The Kier molecular flexibility index (Phi) is 7.64. The third-order valence-corrected chi connectivity index (χ3v) is 6.31. The van der Waals surface area contributed by atoms with Crippen LogP contribution in [0.4, 0.5) is 22.4 Å². The van der Waals surface area contributed by atoms with Crippen molar-refractivity contribution in [3.63, 3.8) is 0 Å². The number of Topliss-reactive ketones (excluding diaryl/α,β-unsaturated/α-hetero) is 1. The molecule has 0 N–H and O–H groups in total. The monoisotopic (exact) mass is 549 g/mol. The summed E-state index contributed by atoms with van der Waals surface area (Å²) in [4.78, 5) is 31.3. The molecule has 210 valence electrons. The number of fused-ring (bicyclic) bond motifs is 1. The van der Waals surface area contributed by atoms with Gasteiger partial charge in [0.05, 0.1) is 17.8 Å². The fourth-order valence-corrected chi connectivity index (χ4v) is 4.79. The first kappa shape index (κ1) is 28.4. The van der Waals surface area contributed by atoms with Gasteiger partial charge in [-0.1, -0.05) is 6.07 Å². The van der Waals surface area contributed by atoms with Crippen molar-refractivity contribution in [2.45, 2.75) is 65.6 Å². The Labute approximate surface area is 223 Å². The van der Waals surface area contributed by atoms with Crippen molar-refractivity contribution in [1.29, 1.82) is 0 Å². The maximum absolute atomic E-state index is 14.6. The third kappa shape index (κ3) is 6.51. The SMILES string of the molecule is Cc1cc(OCc2c(F)cccc2F)c2nc(C)c(C(=O)CC3CN(C(=O)OC(C)(C)C)CC(F)(F)C3)n2c1. The average Bonchev–Trinajstić information content (AvgIpc) is 3.12. The van der Waals surface area contributed by atoms with E-state index in [0.717, 1.165) is 17.0 Å². The molecule has 1 fully saturated rings. The molecular weight excluding hydrogens is 518 g/mol. The molecule has 1 saturated heterocycles. The fraction of sp³-hybridized carbons (Fsp3) is 0.464. The van der Waals surface area contributed by atoms with Gasteiger partial charge in [0.15, 0.2) is 17.2 Å². The molecule has 0 spiro atoms. The van der Waals surface area contributed by atoms with Crippen LogP contribution in [-0.4, -0.2) is 50.8 Å². The Hall–Kier alpha value is -3.63. The van der Waals surface area contributed by atoms with Crippen molar-refractivity contribution in [2.24, 2.45) is 5.92 Å². The summed E-state index contributed by atoms with van der Waals surface area (Å²) in [6.45, 7) is 7.08. The second kappa shape index (κ2) is 10.5. The minimum Gasteiger partial charge on any atom is -0.485 e. The molecule has 1 aliphatic rings. The van der Waals surface area contributed by atoms with Crippen LogP contribution in [-0.2, 0) is 11.3 Å². The van der Waals surface area contributed by atoms with Crippen molar-refractivity contribution in [3.05, 3.63) is 64.6 Å². The van der Waals surface area contributed by atoms with Crippen LogP contribution in [0.15, 0.2) is 30.5 Å². The summed E-state index contributed by atoms with van der Waals surface area (Å²) in [5.74, 6) is -5.70. The highest BCUT2D eigenvalue weighted by molar-refractivity contribution is 5.97. The maximum atomic E-state index is 14.6. The van der Waals surface area contributed by atoms with Crippen LogP contribution in [0.1, 0.15) is 60.9 Å². The number of hydrogen-bond acceptors (Lipinski definition) is 5. The number of imidazole rings is 1. The van der Waals surface area contributed by atoms with Crippen molar-refractivity contribution in [2.75, 3.05) is 13.1 Å². The van der Waals surface area contributed by atoms with Crippen molar-refractivity contribution < 1.29 is 36.6 Å². The van der Waals surface area contributed by atoms with E-state index >= 15 is 0 Å². The fourth-order valence-electron chi connectivity index (χ4n) is 4.79. The van der Waals surface area contributed by atoms with Crippen LogP contribution < -0.4 is 4.74 Å². The molecule has 3 aromatic rings. The Morgan fingerprint density at radius 1 is 1.15 bits per heavy atom. The molecular formula is C28H31F4N3O4. The number of piperidine rings is 1. The number of ketones is 1. The quantitative estimate of drug-likeness (QED) is 0.268. The minimum atomic E-state index is -3.17. The predicted octanol–water partition coefficient (Wildman–Crippen LogP) is 6.27. The number of nitrogens with zero attached hydrogens (tertiary/aromatic N) is 3. The van der Waals surface area contributed by atoms with E-state index in [0.29, 0.717) is 11.3 Å². The van der Waals surface area contributed by atoms with Gasteiger partial charge in [-0.15, -0.1) is 0 Å². The summed E-state index contributed by atoms with van der Waals surface area (Å²) in [5.41, 5.74) is 0.371. The maximum Gasteiger partial charge on any atom is 0.410 e. The topological polar surface area (TPSA) is 73.1 Å². The Morgan fingerprint density at radius 3 is 2.46 bits per heavy atom. The summed E-state index contributed by atoms with van der Waals surface area (Å²) >= 11 is 0. The zero-order valence-corrected chi connectivity index (χ0v) is 22.5. The number of benzene rings is 1. The number of likely N-dealkylation sites (tertiary alicyclic amines) is 1. The Bertz CT molecular complexity index is 1390. The standard InChI is InChI=1S/C28H31F4N3O4/c1-16-9-23(38-14-19-20(29)7-6-8-21(19)30)25-33-17(2)24(35(25)12-16)22(36)10-18-11-28(31,32)15-34(13-18)26(37)39-27(3,4)5/h6-9,12,18H,10-11,13-15H2,1-5H3. The first-order valence-electron chi connectivity index (χ1n) is 12.6. The summed E-state index contributed by atoms with van der Waals surface area (Å²) in [6, 6.07) is 5.14. The molecule has 0 saturated carbocycles. The van der Waals surface area contributed by atoms with Crippen LogP contribution in [0, 0.1) is 31.4 Å². The van der Waals surface area contributed by atoms with Crippen LogP contribution >= 0.6 is 0 Å². The zero-order valence-electron chi connectivity index (χ0n) is 22.5. The van der Waals surface area contributed by atoms with Gasteiger partial charge in [-0.05, 0) is 64.3 Å². The lowest BCUT2D eigenvalue weighted by atomic mass is 9.90. The molecule has 0 aliphatic carbocycles. The Balaban J connectivity index is 1.58. The van der Waals surface area contributed by atoms with Crippen LogP contribution in [0.25, 0.3) is 5.65 Å². The largest absolute Gasteiger partial charge is 0.485 e. The van der Waals surface area contributed by atoms with Gasteiger partial charge in [0.2, 0.25) is 0 Å². The highest BCUT2D eigenvalue weighted by Crippen LogP contribution is 2.34. The molecule has 7 nitrogen and oxygen atoms in total. The van der Waals surface area contributed by atoms with E-state index in [4.69, 9.17) is 9.47 Å². The molecule has 4 rings (SSSR count). The van der Waals surface area contributed by atoms with Gasteiger partial charge in [-0.3, -0.25) is 9.20 Å². The smallest absolute Gasteiger partial charge is 0.410 e. The first-order valence-corrected chi connectivity index (χ1v) is 12.6. The average molecular weight is 550 g/mol. The van der Waals surface area contributed by atoms with E-state index in [-0.39, 0.29) is 35.6 Å². The van der Waals surface area contributed by atoms with E-state index in [1.165, 1.54) is 10.5 Å². The number of amides is 1. The van der Waals surface area contributed by atoms with Gasteiger partial charge in [0.1, 0.15) is 29.5 Å². The molecule has 1 aromatic carbocycles. The second-order valence-corrected chi connectivity index (χ2v) is 11.0. The summed E-state index contributed by atoms with van der Waals surface area (Å²) < 4.78 is 69.8. The van der Waals surface area contributed by atoms with E-state index in [2.05, 4.69) is 4.98 Å². The minimum absolute atomic E-state index is 0.0480. The van der Waals surface area contributed by atoms with Crippen LogP contribution in [0.3, 0.4) is 0 Å². The molecule has 11 heteroatoms. The molecule has 2 aromatic heterocycles. The van der Waals surface area contributed by atoms with Gasteiger partial charge < -0.3 is 14.4 Å². The van der Waals surface area contributed by atoms with Gasteiger partial charge in [0.25, 0.3) is 5.92 Å². The number of aromatic nitrogens is 2. The Morgan fingerprint density at radius 2 is 1.82 bits per heavy atom. The number of carbonyl (C=O) groups is 2. The number of ether oxygens (including phenoxy) is 2.